The van der Waals surface area contributed by atoms with Gasteiger partial charge in [0.15, 0.2) is 4.32 Å². The lowest BCUT2D eigenvalue weighted by Crippen LogP contribution is -2.57. The fraction of sp³-hybridized carbons (Fsp3) is 0.370. The topological polar surface area (TPSA) is 58.6 Å². The summed E-state index contributed by atoms with van der Waals surface area (Å²) in [4.78, 5) is 27.1. The number of hydrogen-bond donors (Lipinski definition) is 1. The highest BCUT2D eigenvalue weighted by Crippen LogP contribution is 2.60. The van der Waals surface area contributed by atoms with Gasteiger partial charge in [-0.25, -0.2) is 0 Å². The Morgan fingerprint density at radius 3 is 2.32 bits per heavy atom. The molecule has 4 bridgehead atoms. The molecule has 0 spiro atoms. The predicted molar refractivity (Wildman–Crippen MR) is 137 cm³/mol. The fourth-order valence-electron chi connectivity index (χ4n) is 6.62. The maximum atomic E-state index is 13.4. The summed E-state index contributed by atoms with van der Waals surface area (Å²) in [5.41, 5.74) is 3.42. The average Bonchev–Trinajstić information content (AvgIpc) is 3.06. The van der Waals surface area contributed by atoms with Gasteiger partial charge in [0.2, 0.25) is 5.91 Å². The van der Waals surface area contributed by atoms with Gasteiger partial charge in [0.05, 0.1) is 10.3 Å². The van der Waals surface area contributed by atoms with Gasteiger partial charge in [0, 0.05) is 0 Å². The van der Waals surface area contributed by atoms with E-state index in [0.717, 1.165) is 30.6 Å². The zero-order valence-corrected chi connectivity index (χ0v) is 20.4. The number of benzene rings is 2. The van der Waals surface area contributed by atoms with Crippen LogP contribution in [0, 0.1) is 23.2 Å². The van der Waals surface area contributed by atoms with Crippen LogP contribution in [0.25, 0.3) is 6.08 Å². The zero-order valence-electron chi connectivity index (χ0n) is 18.7. The number of carbonyl (C=O) groups excluding carboxylic acids is 2. The van der Waals surface area contributed by atoms with E-state index in [1.54, 1.807) is 6.08 Å². The molecule has 1 heterocycles. The van der Waals surface area contributed by atoms with Crippen LogP contribution in [-0.4, -0.2) is 21.1 Å². The zero-order chi connectivity index (χ0) is 23.3. The summed E-state index contributed by atoms with van der Waals surface area (Å²) in [7, 11) is 0. The molecular formula is C27H26N2O3S2. The van der Waals surface area contributed by atoms with Crippen molar-refractivity contribution in [3.8, 4) is 11.5 Å². The molecule has 2 amide bonds. The number of hydrazine groups is 1. The maximum absolute atomic E-state index is 13.4. The molecule has 34 heavy (non-hydrogen) atoms. The van der Waals surface area contributed by atoms with Gasteiger partial charge in [-0.05, 0) is 104 Å². The molecule has 2 aromatic rings. The summed E-state index contributed by atoms with van der Waals surface area (Å²) in [5, 5.41) is 1.27. The number of rotatable bonds is 5. The van der Waals surface area contributed by atoms with E-state index < -0.39 is 0 Å². The van der Waals surface area contributed by atoms with E-state index in [0.29, 0.717) is 32.7 Å². The van der Waals surface area contributed by atoms with Crippen molar-refractivity contribution < 1.29 is 14.3 Å². The second-order valence-electron chi connectivity index (χ2n) is 10.1. The Balaban J connectivity index is 1.17. The van der Waals surface area contributed by atoms with Gasteiger partial charge in [0.1, 0.15) is 11.5 Å². The van der Waals surface area contributed by atoms with Crippen molar-refractivity contribution in [3.05, 3.63) is 65.1 Å². The third-order valence-corrected chi connectivity index (χ3v) is 8.96. The minimum atomic E-state index is -0.328. The van der Waals surface area contributed by atoms with Crippen molar-refractivity contribution >= 4 is 46.2 Å². The van der Waals surface area contributed by atoms with E-state index in [9.17, 15) is 9.59 Å². The molecule has 0 unspecified atom stereocenters. The molecule has 2 aromatic carbocycles. The Kier molecular flexibility index (Phi) is 5.49. The van der Waals surface area contributed by atoms with Crippen LogP contribution in [0.2, 0.25) is 0 Å². The van der Waals surface area contributed by atoms with Crippen LogP contribution in [0.4, 0.5) is 0 Å². The van der Waals surface area contributed by atoms with Crippen molar-refractivity contribution in [2.24, 2.45) is 23.2 Å². The van der Waals surface area contributed by atoms with Gasteiger partial charge in [-0.3, -0.25) is 15.0 Å². The SMILES string of the molecule is O=C1/C(=C\c2cccc(Oc3ccccc3)c2)SC(=S)N1NC(=O)C12CC3CC(CC(C3)C1)C2. The number of carbonyl (C=O) groups is 2. The number of hydrogen-bond acceptors (Lipinski definition) is 5. The van der Waals surface area contributed by atoms with Crippen LogP contribution >= 0.6 is 24.0 Å². The number of ether oxygens (including phenoxy) is 1. The molecule has 174 valence electrons. The first kappa shape index (κ1) is 21.9. The second-order valence-corrected chi connectivity index (χ2v) is 11.8. The first-order chi connectivity index (χ1) is 16.5. The van der Waals surface area contributed by atoms with Crippen molar-refractivity contribution in [3.63, 3.8) is 0 Å². The van der Waals surface area contributed by atoms with Gasteiger partial charge in [0.25, 0.3) is 5.91 Å². The third-order valence-electron chi connectivity index (χ3n) is 7.66. The first-order valence-electron chi connectivity index (χ1n) is 11.9. The summed E-state index contributed by atoms with van der Waals surface area (Å²) in [6.07, 6.45) is 8.45. The Hall–Kier alpha value is -2.64. The number of thiocarbonyl (C=S) groups is 1. The Morgan fingerprint density at radius 2 is 1.65 bits per heavy atom. The molecule has 0 aromatic heterocycles. The summed E-state index contributed by atoms with van der Waals surface area (Å²) in [6.45, 7) is 0. The molecule has 4 saturated carbocycles. The van der Waals surface area contributed by atoms with E-state index in [1.165, 1.54) is 36.0 Å². The minimum absolute atomic E-state index is 0.0255. The Morgan fingerprint density at radius 1 is 1.00 bits per heavy atom. The van der Waals surface area contributed by atoms with Crippen LogP contribution in [0.5, 0.6) is 11.5 Å². The van der Waals surface area contributed by atoms with Crippen LogP contribution in [0.1, 0.15) is 44.1 Å². The summed E-state index contributed by atoms with van der Waals surface area (Å²) in [5.74, 6) is 3.11. The first-order valence-corrected chi connectivity index (χ1v) is 13.1. The summed E-state index contributed by atoms with van der Waals surface area (Å²) >= 11 is 6.69. The molecule has 5 aliphatic rings. The highest BCUT2D eigenvalue weighted by Gasteiger charge is 2.55. The predicted octanol–water partition coefficient (Wildman–Crippen LogP) is 5.93. The maximum Gasteiger partial charge on any atom is 0.285 e. The fourth-order valence-corrected chi connectivity index (χ4v) is 7.80. The smallest absolute Gasteiger partial charge is 0.285 e. The Labute approximate surface area is 208 Å². The normalized spacial score (nSPS) is 30.8. The van der Waals surface area contributed by atoms with Crippen molar-refractivity contribution in [1.29, 1.82) is 0 Å². The molecule has 0 atom stereocenters. The van der Waals surface area contributed by atoms with E-state index in [4.69, 9.17) is 17.0 Å². The van der Waals surface area contributed by atoms with E-state index in [-0.39, 0.29) is 17.2 Å². The summed E-state index contributed by atoms with van der Waals surface area (Å²) in [6, 6.07) is 17.1. The highest BCUT2D eigenvalue weighted by molar-refractivity contribution is 8.26. The second kappa shape index (κ2) is 8.54. The highest BCUT2D eigenvalue weighted by atomic mass is 32.2. The Bertz CT molecular complexity index is 1160. The lowest BCUT2D eigenvalue weighted by molar-refractivity contribution is -0.152. The van der Waals surface area contributed by atoms with Gasteiger partial charge in [-0.1, -0.05) is 42.1 Å². The molecular weight excluding hydrogens is 464 g/mol. The third kappa shape index (κ3) is 4.05. The van der Waals surface area contributed by atoms with Crippen LogP contribution in [0.3, 0.4) is 0 Å². The molecule has 5 fully saturated rings. The van der Waals surface area contributed by atoms with E-state index in [1.807, 2.05) is 54.6 Å². The van der Waals surface area contributed by atoms with Crippen LogP contribution < -0.4 is 10.2 Å². The van der Waals surface area contributed by atoms with Gasteiger partial charge < -0.3 is 4.74 Å². The molecule has 5 nitrogen and oxygen atoms in total. The molecule has 1 saturated heterocycles. The van der Waals surface area contributed by atoms with E-state index in [2.05, 4.69) is 5.43 Å². The number of thioether (sulfide) groups is 1. The van der Waals surface area contributed by atoms with Crippen LogP contribution in [-0.2, 0) is 9.59 Å². The van der Waals surface area contributed by atoms with Crippen molar-refractivity contribution in [1.82, 2.24) is 10.4 Å². The number of para-hydroxylation sites is 1. The lowest BCUT2D eigenvalue weighted by Gasteiger charge is -2.55. The molecule has 0 radical (unpaired) electrons. The number of nitrogens with one attached hydrogen (secondary N) is 1. The number of nitrogens with zero attached hydrogens (tertiary/aromatic N) is 1. The number of amides is 2. The molecule has 4 aliphatic carbocycles. The average molecular weight is 491 g/mol. The quantitative estimate of drug-likeness (QED) is 0.416. The molecule has 1 aliphatic heterocycles. The largest absolute Gasteiger partial charge is 0.457 e. The van der Waals surface area contributed by atoms with Gasteiger partial charge in [-0.15, -0.1) is 0 Å². The van der Waals surface area contributed by atoms with E-state index >= 15 is 0 Å². The van der Waals surface area contributed by atoms with Gasteiger partial charge >= 0.3 is 0 Å². The standard InChI is InChI=1S/C27H26N2O3S2/c30-24-23(13-17-5-4-8-22(12-17)32-21-6-2-1-3-7-21)34-26(33)29(24)28-25(31)27-14-18-9-19(15-27)11-20(10-18)16-27/h1-8,12-13,18-20H,9-11,14-16H2,(H,28,31)/b23-13+. The van der Waals surface area contributed by atoms with Crippen molar-refractivity contribution in [2.45, 2.75) is 38.5 Å². The minimum Gasteiger partial charge on any atom is -0.457 e. The molecule has 7 heteroatoms. The summed E-state index contributed by atoms with van der Waals surface area (Å²) < 4.78 is 6.27. The monoisotopic (exact) mass is 490 g/mol. The van der Waals surface area contributed by atoms with Crippen molar-refractivity contribution in [2.75, 3.05) is 0 Å². The molecule has 1 N–H and O–H groups in total. The lowest BCUT2D eigenvalue weighted by atomic mass is 9.49. The van der Waals surface area contributed by atoms with Gasteiger partial charge in [-0.2, -0.15) is 5.01 Å². The van der Waals surface area contributed by atoms with Crippen LogP contribution in [0.15, 0.2) is 59.5 Å². The molecule has 7 rings (SSSR count).